The summed E-state index contributed by atoms with van der Waals surface area (Å²) in [5, 5.41) is 8.11. The molecule has 2 N–H and O–H groups in total. The Balaban J connectivity index is 2.28. The van der Waals surface area contributed by atoms with E-state index in [9.17, 15) is 4.39 Å². The van der Waals surface area contributed by atoms with E-state index in [0.717, 1.165) is 19.1 Å². The first-order chi connectivity index (χ1) is 8.60. The van der Waals surface area contributed by atoms with E-state index in [0.29, 0.717) is 0 Å². The second-order valence-electron chi connectivity index (χ2n) is 3.61. The van der Waals surface area contributed by atoms with Gasteiger partial charge in [0.1, 0.15) is 5.82 Å². The molecular formula is C11H12FN3S3. The Hall–Kier alpha value is -0.630. The average Bonchev–Trinajstić information content (AvgIpc) is 2.79. The summed E-state index contributed by atoms with van der Waals surface area (Å²) in [7, 11) is 0. The monoisotopic (exact) mass is 301 g/mol. The van der Waals surface area contributed by atoms with Gasteiger partial charge < -0.3 is 5.73 Å². The third-order valence-electron chi connectivity index (χ3n) is 2.22. The van der Waals surface area contributed by atoms with Crippen LogP contribution in [0.15, 0.2) is 31.8 Å². The van der Waals surface area contributed by atoms with Gasteiger partial charge in [-0.25, -0.2) is 4.39 Å². The van der Waals surface area contributed by atoms with Gasteiger partial charge in [0.25, 0.3) is 0 Å². The van der Waals surface area contributed by atoms with Crippen molar-refractivity contribution in [2.45, 2.75) is 26.5 Å². The maximum atomic E-state index is 13.2. The Morgan fingerprint density at radius 1 is 1.33 bits per heavy atom. The molecule has 0 saturated heterocycles. The Morgan fingerprint density at radius 2 is 2.06 bits per heavy atom. The molecule has 1 atom stereocenters. The first-order valence-corrected chi connectivity index (χ1v) is 8.06. The van der Waals surface area contributed by atoms with Crippen molar-refractivity contribution >= 4 is 34.9 Å². The van der Waals surface area contributed by atoms with Crippen molar-refractivity contribution in [3.63, 3.8) is 0 Å². The summed E-state index contributed by atoms with van der Waals surface area (Å²) in [6.45, 7) is 1.84. The molecule has 0 amide bonds. The first-order valence-electron chi connectivity index (χ1n) is 5.20. The van der Waals surface area contributed by atoms with Gasteiger partial charge in [0, 0.05) is 10.9 Å². The van der Waals surface area contributed by atoms with E-state index < -0.39 is 0 Å². The summed E-state index contributed by atoms with van der Waals surface area (Å²) in [5.74, 6) is -0.270. The number of rotatable bonds is 4. The van der Waals surface area contributed by atoms with Crippen LogP contribution in [0, 0.1) is 5.82 Å². The highest BCUT2D eigenvalue weighted by Gasteiger charge is 2.12. The van der Waals surface area contributed by atoms with Crippen molar-refractivity contribution in [2.24, 2.45) is 5.73 Å². The number of aromatic nitrogens is 2. The van der Waals surface area contributed by atoms with E-state index >= 15 is 0 Å². The molecule has 0 fully saturated rings. The minimum Gasteiger partial charge on any atom is -0.324 e. The molecule has 0 spiro atoms. The molecule has 0 aliphatic carbocycles. The third kappa shape index (κ3) is 3.23. The third-order valence-corrected chi connectivity index (χ3v) is 5.26. The molecule has 3 nitrogen and oxygen atoms in total. The lowest BCUT2D eigenvalue weighted by Gasteiger charge is -2.10. The molecule has 96 valence electrons. The highest BCUT2D eigenvalue weighted by atomic mass is 32.2. The van der Waals surface area contributed by atoms with Gasteiger partial charge in [0.05, 0.1) is 0 Å². The second kappa shape index (κ2) is 6.01. The van der Waals surface area contributed by atoms with Crippen LogP contribution in [0.2, 0.25) is 0 Å². The molecule has 0 aliphatic heterocycles. The molecular weight excluding hydrogens is 289 g/mol. The highest BCUT2D eigenvalue weighted by Crippen LogP contribution is 2.36. The molecule has 0 bridgehead atoms. The zero-order valence-corrected chi connectivity index (χ0v) is 12.3. The minimum absolute atomic E-state index is 0.212. The van der Waals surface area contributed by atoms with E-state index in [1.54, 1.807) is 17.8 Å². The van der Waals surface area contributed by atoms with Crippen LogP contribution in [0.4, 0.5) is 4.39 Å². The molecule has 18 heavy (non-hydrogen) atoms. The van der Waals surface area contributed by atoms with Gasteiger partial charge >= 0.3 is 0 Å². The van der Waals surface area contributed by atoms with Crippen LogP contribution >= 0.6 is 34.9 Å². The Morgan fingerprint density at radius 3 is 2.67 bits per heavy atom. The maximum Gasteiger partial charge on any atom is 0.179 e. The van der Waals surface area contributed by atoms with Gasteiger partial charge in [-0.1, -0.05) is 34.9 Å². The average molecular weight is 301 g/mol. The van der Waals surface area contributed by atoms with Crippen molar-refractivity contribution in [2.75, 3.05) is 6.26 Å². The topological polar surface area (TPSA) is 51.8 Å². The van der Waals surface area contributed by atoms with Crippen LogP contribution in [0.5, 0.6) is 0 Å². The summed E-state index contributed by atoms with van der Waals surface area (Å²) in [5.41, 5.74) is 6.64. The van der Waals surface area contributed by atoms with Gasteiger partial charge in [-0.2, -0.15) is 0 Å². The van der Waals surface area contributed by atoms with Gasteiger partial charge in [-0.3, -0.25) is 0 Å². The van der Waals surface area contributed by atoms with E-state index in [1.165, 1.54) is 35.2 Å². The lowest BCUT2D eigenvalue weighted by molar-refractivity contribution is 0.619. The number of hydrogen-bond donors (Lipinski definition) is 1. The predicted molar refractivity (Wildman–Crippen MR) is 74.8 cm³/mol. The summed E-state index contributed by atoms with van der Waals surface area (Å²) in [6, 6.07) is 4.43. The highest BCUT2D eigenvalue weighted by molar-refractivity contribution is 8.03. The molecule has 0 radical (unpaired) electrons. The van der Waals surface area contributed by atoms with Gasteiger partial charge in [0.15, 0.2) is 8.68 Å². The molecule has 0 saturated carbocycles. The van der Waals surface area contributed by atoms with Crippen molar-refractivity contribution in [3.05, 3.63) is 29.6 Å². The quantitative estimate of drug-likeness (QED) is 0.875. The van der Waals surface area contributed by atoms with Crippen molar-refractivity contribution in [1.29, 1.82) is 0 Å². The van der Waals surface area contributed by atoms with Crippen molar-refractivity contribution in [3.8, 4) is 0 Å². The lowest BCUT2D eigenvalue weighted by Crippen LogP contribution is -2.06. The molecule has 2 aromatic rings. The fraction of sp³-hybridized carbons (Fsp3) is 0.273. The van der Waals surface area contributed by atoms with Crippen LogP contribution in [-0.2, 0) is 0 Å². The Bertz CT molecular complexity index is 542. The first kappa shape index (κ1) is 13.8. The van der Waals surface area contributed by atoms with E-state index in [4.69, 9.17) is 5.73 Å². The number of hydrogen-bond acceptors (Lipinski definition) is 6. The zero-order chi connectivity index (χ0) is 13.1. The predicted octanol–water partition coefficient (Wildman–Crippen LogP) is 3.57. The molecule has 1 aromatic heterocycles. The molecule has 2 rings (SSSR count). The Kier molecular flexibility index (Phi) is 4.60. The summed E-state index contributed by atoms with van der Waals surface area (Å²) in [4.78, 5) is 0.926. The maximum absolute atomic E-state index is 13.2. The van der Waals surface area contributed by atoms with Gasteiger partial charge in [-0.15, -0.1) is 10.2 Å². The van der Waals surface area contributed by atoms with Gasteiger partial charge in [0.2, 0.25) is 0 Å². The van der Waals surface area contributed by atoms with Crippen LogP contribution in [-0.4, -0.2) is 16.5 Å². The summed E-state index contributed by atoms with van der Waals surface area (Å²) in [6.07, 6.45) is 1.96. The molecule has 1 heterocycles. The molecule has 1 unspecified atom stereocenters. The minimum atomic E-state index is -0.270. The summed E-state index contributed by atoms with van der Waals surface area (Å²) < 4.78 is 15.0. The van der Waals surface area contributed by atoms with Gasteiger partial charge in [-0.05, 0) is 36.9 Å². The van der Waals surface area contributed by atoms with Crippen molar-refractivity contribution in [1.82, 2.24) is 10.2 Å². The number of thioether (sulfide) groups is 1. The smallest absolute Gasteiger partial charge is 0.179 e. The zero-order valence-electron chi connectivity index (χ0n) is 9.88. The fourth-order valence-electron chi connectivity index (χ4n) is 1.38. The number of nitrogens with zero attached hydrogens (tertiary/aromatic N) is 2. The normalized spacial score (nSPS) is 12.7. The standard InChI is InChI=1S/C11H12FN3S3/c1-6(13)8-5-7(12)3-4-9(8)17-11-15-14-10(16-2)18-11/h3-6H,13H2,1-2H3. The SMILES string of the molecule is CSc1nnc(Sc2ccc(F)cc2C(C)N)s1. The second-order valence-corrected chi connectivity index (χ2v) is 6.93. The van der Waals surface area contributed by atoms with Crippen LogP contribution in [0.1, 0.15) is 18.5 Å². The van der Waals surface area contributed by atoms with Crippen LogP contribution < -0.4 is 5.73 Å². The number of halogens is 1. The Labute approximate surface area is 117 Å². The molecule has 7 heteroatoms. The number of benzene rings is 1. The molecule has 1 aromatic carbocycles. The van der Waals surface area contributed by atoms with Crippen molar-refractivity contribution < 1.29 is 4.39 Å². The summed E-state index contributed by atoms with van der Waals surface area (Å²) >= 11 is 4.55. The van der Waals surface area contributed by atoms with Crippen LogP contribution in [0.3, 0.4) is 0 Å². The molecule has 0 aliphatic rings. The van der Waals surface area contributed by atoms with E-state index in [1.807, 2.05) is 13.2 Å². The lowest BCUT2D eigenvalue weighted by atomic mass is 10.1. The number of nitrogens with two attached hydrogens (primary N) is 1. The van der Waals surface area contributed by atoms with E-state index in [-0.39, 0.29) is 11.9 Å². The largest absolute Gasteiger partial charge is 0.324 e. The van der Waals surface area contributed by atoms with Crippen LogP contribution in [0.25, 0.3) is 0 Å². The fourth-order valence-corrected chi connectivity index (χ4v) is 3.99. The van der Waals surface area contributed by atoms with E-state index in [2.05, 4.69) is 10.2 Å².